The first kappa shape index (κ1) is 22.0. The van der Waals surface area contributed by atoms with Crippen LogP contribution in [0.3, 0.4) is 0 Å². The van der Waals surface area contributed by atoms with Crippen molar-refractivity contribution in [2.24, 2.45) is 0 Å². The first-order valence-corrected chi connectivity index (χ1v) is 12.1. The zero-order chi connectivity index (χ0) is 24.3. The van der Waals surface area contributed by atoms with Crippen molar-refractivity contribution in [3.8, 4) is 5.75 Å². The van der Waals surface area contributed by atoms with Crippen LogP contribution in [0, 0.1) is 0 Å². The summed E-state index contributed by atoms with van der Waals surface area (Å²) in [6.07, 6.45) is 4.48. The molecule has 6 rings (SSSR count). The largest absolute Gasteiger partial charge is 0.497 e. The van der Waals surface area contributed by atoms with E-state index in [2.05, 4.69) is 51.6 Å². The molecule has 0 bridgehead atoms. The minimum Gasteiger partial charge on any atom is -0.497 e. The smallest absolute Gasteiger partial charge is 0.227 e. The van der Waals surface area contributed by atoms with Crippen molar-refractivity contribution in [2.75, 3.05) is 23.9 Å². The van der Waals surface area contributed by atoms with E-state index in [9.17, 15) is 0 Å². The molecule has 0 saturated heterocycles. The van der Waals surface area contributed by atoms with Crippen molar-refractivity contribution in [3.05, 3.63) is 102 Å². The predicted molar refractivity (Wildman–Crippen MR) is 140 cm³/mol. The number of hydrogen-bond donors (Lipinski definition) is 1. The quantitative estimate of drug-likeness (QED) is 0.354. The van der Waals surface area contributed by atoms with E-state index < -0.39 is 0 Å². The third-order valence-corrected chi connectivity index (χ3v) is 6.44. The Bertz CT molecular complexity index is 1470. The standard InChI is InChI=1S/C28H27N7O/c1-36-23-11-9-21(10-12-23)18-34-15-13-24-25-26(34)31-28(30-17-22-8-5-14-29-16-22)32-27(25)35(33-24)19-20-6-3-2-4-7-20/h2-12,14,16H,13,15,17-19H2,1H3,(H,30,31,32). The van der Waals surface area contributed by atoms with Crippen LogP contribution in [0.4, 0.5) is 11.8 Å². The maximum atomic E-state index is 5.33. The SMILES string of the molecule is COc1ccc(CN2CCc3nn(Cc4ccccc4)c4nc(NCc5cccnc5)nc2c34)cc1. The number of methoxy groups -OCH3 is 1. The molecular formula is C28H27N7O. The monoisotopic (exact) mass is 477 g/mol. The van der Waals surface area contributed by atoms with Gasteiger partial charge in [-0.3, -0.25) is 4.98 Å². The fraction of sp³-hybridized carbons (Fsp3) is 0.214. The van der Waals surface area contributed by atoms with Crippen LogP contribution in [0.15, 0.2) is 79.1 Å². The van der Waals surface area contributed by atoms with E-state index in [1.807, 2.05) is 41.2 Å². The number of nitrogens with one attached hydrogen (secondary N) is 1. The van der Waals surface area contributed by atoms with Crippen molar-refractivity contribution in [1.29, 1.82) is 0 Å². The van der Waals surface area contributed by atoms with Crippen molar-refractivity contribution in [1.82, 2.24) is 24.7 Å². The Morgan fingerprint density at radius 2 is 1.69 bits per heavy atom. The minimum atomic E-state index is 0.587. The van der Waals surface area contributed by atoms with Crippen LogP contribution in [0.2, 0.25) is 0 Å². The molecule has 1 aliphatic heterocycles. The second kappa shape index (κ2) is 9.65. The van der Waals surface area contributed by atoms with Gasteiger partial charge in [0.05, 0.1) is 24.7 Å². The van der Waals surface area contributed by atoms with Gasteiger partial charge in [0.1, 0.15) is 11.6 Å². The summed E-state index contributed by atoms with van der Waals surface area (Å²) in [5.41, 5.74) is 5.37. The van der Waals surface area contributed by atoms with Crippen molar-refractivity contribution in [3.63, 3.8) is 0 Å². The second-order valence-corrected chi connectivity index (χ2v) is 8.89. The van der Waals surface area contributed by atoms with Crippen LogP contribution in [0.5, 0.6) is 5.75 Å². The van der Waals surface area contributed by atoms with Gasteiger partial charge in [-0.05, 0) is 34.9 Å². The zero-order valence-electron chi connectivity index (χ0n) is 20.1. The van der Waals surface area contributed by atoms with Crippen LogP contribution in [0.25, 0.3) is 11.0 Å². The molecule has 3 aromatic heterocycles. The van der Waals surface area contributed by atoms with E-state index in [4.69, 9.17) is 19.8 Å². The highest BCUT2D eigenvalue weighted by Crippen LogP contribution is 2.34. The van der Waals surface area contributed by atoms with Crippen LogP contribution in [0.1, 0.15) is 22.4 Å². The lowest BCUT2D eigenvalue weighted by Gasteiger charge is -2.28. The summed E-state index contributed by atoms with van der Waals surface area (Å²) in [4.78, 5) is 16.4. The topological polar surface area (TPSA) is 81.0 Å². The Hall–Kier alpha value is -4.46. The summed E-state index contributed by atoms with van der Waals surface area (Å²) in [6, 6.07) is 22.5. The molecule has 180 valence electrons. The third kappa shape index (κ3) is 4.45. The molecule has 5 aromatic rings. The number of benzene rings is 2. The molecule has 0 spiro atoms. The number of ether oxygens (including phenoxy) is 1. The molecule has 0 fully saturated rings. The highest BCUT2D eigenvalue weighted by Gasteiger charge is 2.27. The summed E-state index contributed by atoms with van der Waals surface area (Å²) < 4.78 is 7.34. The maximum Gasteiger partial charge on any atom is 0.227 e. The lowest BCUT2D eigenvalue weighted by Crippen LogP contribution is -2.29. The number of pyridine rings is 1. The van der Waals surface area contributed by atoms with Gasteiger partial charge in [0.2, 0.25) is 5.95 Å². The highest BCUT2D eigenvalue weighted by molar-refractivity contribution is 5.92. The molecule has 8 heteroatoms. The predicted octanol–water partition coefficient (Wildman–Crippen LogP) is 4.45. The van der Waals surface area contributed by atoms with E-state index in [1.165, 1.54) is 11.1 Å². The Morgan fingerprint density at radius 1 is 0.889 bits per heavy atom. The third-order valence-electron chi connectivity index (χ3n) is 6.44. The number of rotatable bonds is 8. The fourth-order valence-corrected chi connectivity index (χ4v) is 4.61. The average Bonchev–Trinajstić information content (AvgIpc) is 3.28. The number of anilines is 2. The lowest BCUT2D eigenvalue weighted by molar-refractivity contribution is 0.414. The van der Waals surface area contributed by atoms with Crippen molar-refractivity contribution in [2.45, 2.75) is 26.1 Å². The molecule has 1 aliphatic rings. The molecule has 0 unspecified atom stereocenters. The first-order valence-electron chi connectivity index (χ1n) is 12.1. The number of nitrogens with zero attached hydrogens (tertiary/aromatic N) is 6. The van der Waals surface area contributed by atoms with E-state index >= 15 is 0 Å². The van der Waals surface area contributed by atoms with Gasteiger partial charge in [0.15, 0.2) is 5.65 Å². The fourth-order valence-electron chi connectivity index (χ4n) is 4.61. The van der Waals surface area contributed by atoms with Gasteiger partial charge in [-0.2, -0.15) is 15.1 Å². The van der Waals surface area contributed by atoms with Gasteiger partial charge in [0, 0.05) is 38.4 Å². The molecule has 36 heavy (non-hydrogen) atoms. The molecule has 0 amide bonds. The highest BCUT2D eigenvalue weighted by atomic mass is 16.5. The van der Waals surface area contributed by atoms with Crippen molar-refractivity contribution < 1.29 is 4.74 Å². The van der Waals surface area contributed by atoms with Gasteiger partial charge < -0.3 is 15.0 Å². The van der Waals surface area contributed by atoms with Gasteiger partial charge in [-0.15, -0.1) is 0 Å². The van der Waals surface area contributed by atoms with Gasteiger partial charge in [-0.25, -0.2) is 4.68 Å². The summed E-state index contributed by atoms with van der Waals surface area (Å²) in [7, 11) is 1.69. The molecule has 1 N–H and O–H groups in total. The Balaban J connectivity index is 1.38. The summed E-state index contributed by atoms with van der Waals surface area (Å²) in [6.45, 7) is 2.85. The van der Waals surface area contributed by atoms with Gasteiger partial charge in [-0.1, -0.05) is 48.5 Å². The number of hydrogen-bond acceptors (Lipinski definition) is 7. The maximum absolute atomic E-state index is 5.33. The van der Waals surface area contributed by atoms with E-state index in [0.29, 0.717) is 19.0 Å². The second-order valence-electron chi connectivity index (χ2n) is 8.89. The molecule has 0 atom stereocenters. The lowest BCUT2D eigenvalue weighted by atomic mass is 10.1. The van der Waals surface area contributed by atoms with E-state index in [0.717, 1.165) is 53.4 Å². The molecule has 8 nitrogen and oxygen atoms in total. The first-order chi connectivity index (χ1) is 17.8. The van der Waals surface area contributed by atoms with Gasteiger partial charge in [0.25, 0.3) is 0 Å². The molecule has 0 aliphatic carbocycles. The summed E-state index contributed by atoms with van der Waals surface area (Å²) in [5, 5.41) is 9.42. The zero-order valence-corrected chi connectivity index (χ0v) is 20.1. The minimum absolute atomic E-state index is 0.587. The Kier molecular flexibility index (Phi) is 5.91. The van der Waals surface area contributed by atoms with Crippen LogP contribution in [-0.2, 0) is 26.1 Å². The van der Waals surface area contributed by atoms with Gasteiger partial charge >= 0.3 is 0 Å². The van der Waals surface area contributed by atoms with Crippen LogP contribution >= 0.6 is 0 Å². The summed E-state index contributed by atoms with van der Waals surface area (Å²) >= 11 is 0. The molecule has 0 radical (unpaired) electrons. The molecule has 2 aromatic carbocycles. The van der Waals surface area contributed by atoms with Crippen LogP contribution in [-0.4, -0.2) is 38.4 Å². The summed E-state index contributed by atoms with van der Waals surface area (Å²) in [5.74, 6) is 2.36. The molecular weight excluding hydrogens is 450 g/mol. The number of aromatic nitrogens is 5. The van der Waals surface area contributed by atoms with E-state index in [1.54, 1.807) is 13.3 Å². The Morgan fingerprint density at radius 3 is 2.47 bits per heavy atom. The Labute approximate surface area is 209 Å². The normalized spacial score (nSPS) is 12.6. The van der Waals surface area contributed by atoms with Crippen molar-refractivity contribution >= 4 is 22.8 Å². The average molecular weight is 478 g/mol. The van der Waals surface area contributed by atoms with Crippen LogP contribution < -0.4 is 15.0 Å². The molecule has 0 saturated carbocycles. The van der Waals surface area contributed by atoms with E-state index in [-0.39, 0.29) is 0 Å². The molecule has 4 heterocycles.